The molecular formula is C26H27F4N3O4S. The molecule has 1 aliphatic heterocycles. The van der Waals surface area contributed by atoms with Gasteiger partial charge >= 0.3 is 12.1 Å². The number of nitriles is 1. The highest BCUT2D eigenvalue weighted by atomic mass is 32.2. The molecule has 38 heavy (non-hydrogen) atoms. The van der Waals surface area contributed by atoms with Crippen molar-refractivity contribution in [2.75, 3.05) is 29.5 Å². The average Bonchev–Trinajstić information content (AvgIpc) is 3.49. The molecule has 0 amide bonds. The third-order valence-electron chi connectivity index (χ3n) is 7.89. The molecule has 1 saturated heterocycles. The number of sulfone groups is 1. The Labute approximate surface area is 217 Å². The first-order chi connectivity index (χ1) is 17.9. The molecule has 0 bridgehead atoms. The zero-order chi connectivity index (χ0) is 27.3. The summed E-state index contributed by atoms with van der Waals surface area (Å²) in [4.78, 5) is 18.9. The molecule has 2 aromatic rings. The largest absolute Gasteiger partial charge is 0.468 e. The van der Waals surface area contributed by atoms with Gasteiger partial charge in [-0.05, 0) is 44.2 Å². The first-order valence-electron chi connectivity index (χ1n) is 12.6. The summed E-state index contributed by atoms with van der Waals surface area (Å²) in [6.45, 7) is 0.630. The molecule has 12 heteroatoms. The highest BCUT2D eigenvalue weighted by molar-refractivity contribution is 7.91. The van der Waals surface area contributed by atoms with Crippen LogP contribution < -0.4 is 4.90 Å². The summed E-state index contributed by atoms with van der Waals surface area (Å²) in [5, 5.41) is 9.40. The second kappa shape index (κ2) is 9.67. The minimum Gasteiger partial charge on any atom is -0.437 e. The van der Waals surface area contributed by atoms with E-state index in [1.807, 2.05) is 4.90 Å². The molecule has 3 atom stereocenters. The number of Topliss-reactive ketones (excluding diaryl/α,β-unsaturated/α-hetero) is 1. The smallest absolute Gasteiger partial charge is 0.437 e. The maximum Gasteiger partial charge on any atom is 0.468 e. The van der Waals surface area contributed by atoms with Gasteiger partial charge in [0.05, 0.1) is 23.0 Å². The Hall–Kier alpha value is -2.94. The van der Waals surface area contributed by atoms with Crippen LogP contribution >= 0.6 is 0 Å². The van der Waals surface area contributed by atoms with Crippen molar-refractivity contribution in [3.63, 3.8) is 0 Å². The van der Waals surface area contributed by atoms with E-state index in [1.165, 1.54) is 0 Å². The number of ketones is 1. The summed E-state index contributed by atoms with van der Waals surface area (Å²) in [5.74, 6) is -3.52. The summed E-state index contributed by atoms with van der Waals surface area (Å²) < 4.78 is 84.1. The maximum absolute atomic E-state index is 14.4. The van der Waals surface area contributed by atoms with E-state index in [9.17, 15) is 36.0 Å². The Morgan fingerprint density at radius 3 is 2.39 bits per heavy atom. The number of carbonyl (C=O) groups is 1. The Bertz CT molecular complexity index is 1350. The van der Waals surface area contributed by atoms with Gasteiger partial charge < -0.3 is 9.32 Å². The fourth-order valence-corrected chi connectivity index (χ4v) is 6.65. The van der Waals surface area contributed by atoms with Crippen LogP contribution in [0.15, 0.2) is 28.7 Å². The highest BCUT2D eigenvalue weighted by Crippen LogP contribution is 2.51. The van der Waals surface area contributed by atoms with E-state index in [2.05, 4.69) is 11.1 Å². The van der Waals surface area contributed by atoms with Crippen LogP contribution in [0.2, 0.25) is 0 Å². The van der Waals surface area contributed by atoms with E-state index < -0.39 is 45.3 Å². The van der Waals surface area contributed by atoms with Gasteiger partial charge in [0.15, 0.2) is 9.84 Å². The summed E-state index contributed by atoms with van der Waals surface area (Å²) in [7, 11) is -3.07. The minimum atomic E-state index is -4.86. The van der Waals surface area contributed by atoms with Crippen LogP contribution in [0.25, 0.3) is 11.3 Å². The van der Waals surface area contributed by atoms with Crippen LogP contribution in [0.1, 0.15) is 56.1 Å². The molecule has 2 heterocycles. The zero-order valence-electron chi connectivity index (χ0n) is 20.5. The van der Waals surface area contributed by atoms with Gasteiger partial charge in [-0.15, -0.1) is 0 Å². The minimum absolute atomic E-state index is 0.0247. The lowest BCUT2D eigenvalue weighted by Crippen LogP contribution is -2.40. The number of halogens is 4. The third kappa shape index (κ3) is 5.44. The first kappa shape index (κ1) is 26.7. The molecule has 204 valence electrons. The predicted molar refractivity (Wildman–Crippen MR) is 130 cm³/mol. The van der Waals surface area contributed by atoms with Crippen molar-refractivity contribution in [3.05, 3.63) is 35.9 Å². The molecule has 3 fully saturated rings. The molecule has 5 rings (SSSR count). The quantitative estimate of drug-likeness (QED) is 0.460. The number of nitrogens with zero attached hydrogens (tertiary/aromatic N) is 3. The maximum atomic E-state index is 14.4. The SMILES string of the molecule is N#CC1(CC(=O)[C@@H]2C[C@@H](F)CC[C@H]2c2oc(C(F)(F)F)nc2-c2ccc(N3CCS(=O)(=O)CC3)cc2)CC1. The number of alkyl halides is 4. The Morgan fingerprint density at radius 1 is 1.16 bits per heavy atom. The molecular weight excluding hydrogens is 526 g/mol. The molecule has 2 aliphatic carbocycles. The van der Waals surface area contributed by atoms with Crippen molar-refractivity contribution in [1.29, 1.82) is 5.26 Å². The van der Waals surface area contributed by atoms with Crippen molar-refractivity contribution < 1.29 is 35.2 Å². The molecule has 0 N–H and O–H groups in total. The van der Waals surface area contributed by atoms with Crippen LogP contribution in [-0.2, 0) is 20.8 Å². The van der Waals surface area contributed by atoms with Gasteiger partial charge in [-0.2, -0.15) is 18.4 Å². The van der Waals surface area contributed by atoms with Gasteiger partial charge in [0, 0.05) is 42.6 Å². The van der Waals surface area contributed by atoms with Crippen molar-refractivity contribution in [2.45, 2.75) is 56.8 Å². The van der Waals surface area contributed by atoms with Gasteiger partial charge in [-0.3, -0.25) is 4.79 Å². The van der Waals surface area contributed by atoms with Gasteiger partial charge in [-0.1, -0.05) is 12.1 Å². The monoisotopic (exact) mass is 553 g/mol. The van der Waals surface area contributed by atoms with Crippen molar-refractivity contribution in [3.8, 4) is 17.3 Å². The van der Waals surface area contributed by atoms with E-state index in [0.717, 1.165) is 5.69 Å². The lowest BCUT2D eigenvalue weighted by Gasteiger charge is -2.32. The average molecular weight is 554 g/mol. The molecule has 3 aliphatic rings. The van der Waals surface area contributed by atoms with E-state index >= 15 is 0 Å². The molecule has 0 radical (unpaired) electrons. The molecule has 1 aromatic carbocycles. The second-order valence-corrected chi connectivity index (χ2v) is 12.9. The molecule has 2 saturated carbocycles. The number of benzene rings is 1. The number of hydrogen-bond donors (Lipinski definition) is 0. The van der Waals surface area contributed by atoms with E-state index in [-0.39, 0.29) is 54.4 Å². The van der Waals surface area contributed by atoms with Crippen molar-refractivity contribution >= 4 is 21.3 Å². The lowest BCUT2D eigenvalue weighted by molar-refractivity contribution is -0.157. The molecule has 0 spiro atoms. The lowest BCUT2D eigenvalue weighted by atomic mass is 9.72. The second-order valence-electron chi connectivity index (χ2n) is 10.6. The Balaban J connectivity index is 1.47. The summed E-state index contributed by atoms with van der Waals surface area (Å²) in [5.41, 5.74) is 0.265. The standard InChI is InChI=1S/C26H27F4N3O4S/c27-17-3-6-19(20(13-17)21(34)14-25(15-31)7-8-25)23-22(32-24(37-23)26(28,29)30)16-1-4-18(5-2-16)33-9-11-38(35,36)12-10-33/h1-2,4-5,17,19-20H,3,6-14H2/t17-,19+,20+/m0/s1. The van der Waals surface area contributed by atoms with Crippen LogP contribution in [0.5, 0.6) is 0 Å². The predicted octanol–water partition coefficient (Wildman–Crippen LogP) is 5.08. The van der Waals surface area contributed by atoms with Crippen LogP contribution in [0, 0.1) is 22.7 Å². The van der Waals surface area contributed by atoms with E-state index in [0.29, 0.717) is 31.5 Å². The number of anilines is 1. The fourth-order valence-electron chi connectivity index (χ4n) is 5.44. The van der Waals surface area contributed by atoms with Crippen LogP contribution in [0.3, 0.4) is 0 Å². The molecule has 7 nitrogen and oxygen atoms in total. The third-order valence-corrected chi connectivity index (χ3v) is 9.50. The number of aromatic nitrogens is 1. The van der Waals surface area contributed by atoms with E-state index in [1.54, 1.807) is 24.3 Å². The number of oxazole rings is 1. The van der Waals surface area contributed by atoms with Crippen molar-refractivity contribution in [2.24, 2.45) is 11.3 Å². The number of rotatable bonds is 6. The van der Waals surface area contributed by atoms with E-state index in [4.69, 9.17) is 4.42 Å². The fraction of sp³-hybridized carbons (Fsp3) is 0.577. The Morgan fingerprint density at radius 2 is 1.82 bits per heavy atom. The normalized spacial score (nSPS) is 26.5. The van der Waals surface area contributed by atoms with Crippen LogP contribution in [0.4, 0.5) is 23.2 Å². The summed E-state index contributed by atoms with van der Waals surface area (Å²) in [6.07, 6.45) is -4.95. The summed E-state index contributed by atoms with van der Waals surface area (Å²) >= 11 is 0. The van der Waals surface area contributed by atoms with Crippen LogP contribution in [-0.4, -0.2) is 50.0 Å². The number of carbonyl (C=O) groups excluding carboxylic acids is 1. The van der Waals surface area contributed by atoms with Gasteiger partial charge in [0.25, 0.3) is 0 Å². The topological polar surface area (TPSA) is 104 Å². The summed E-state index contributed by atoms with van der Waals surface area (Å²) in [6, 6.07) is 8.70. The van der Waals surface area contributed by atoms with Gasteiger partial charge in [-0.25, -0.2) is 17.8 Å². The first-order valence-corrected chi connectivity index (χ1v) is 14.4. The number of hydrogen-bond acceptors (Lipinski definition) is 7. The molecule has 0 unspecified atom stereocenters. The Kier molecular flexibility index (Phi) is 6.78. The molecule has 1 aromatic heterocycles. The zero-order valence-corrected chi connectivity index (χ0v) is 21.3. The van der Waals surface area contributed by atoms with Crippen molar-refractivity contribution in [1.82, 2.24) is 4.98 Å². The van der Waals surface area contributed by atoms with Gasteiger partial charge in [0.2, 0.25) is 0 Å². The van der Waals surface area contributed by atoms with Gasteiger partial charge in [0.1, 0.15) is 23.4 Å². The highest BCUT2D eigenvalue weighted by Gasteiger charge is 2.49.